The van der Waals surface area contributed by atoms with Crippen molar-refractivity contribution in [3.05, 3.63) is 40.8 Å². The van der Waals surface area contributed by atoms with Crippen LogP contribution in [0, 0.1) is 0 Å². The molecule has 0 radical (unpaired) electrons. The van der Waals surface area contributed by atoms with Gasteiger partial charge in [-0.3, -0.25) is 14.6 Å². The van der Waals surface area contributed by atoms with Crippen molar-refractivity contribution in [3.8, 4) is 0 Å². The van der Waals surface area contributed by atoms with Gasteiger partial charge in [-0.1, -0.05) is 68.2 Å². The van der Waals surface area contributed by atoms with Crippen LogP contribution >= 0.6 is 24.0 Å². The molecule has 1 aliphatic rings. The molecule has 5 heteroatoms. The first-order valence-corrected chi connectivity index (χ1v) is 7.91. The fourth-order valence-corrected chi connectivity index (χ4v) is 3.19. The molecule has 106 valence electrons. The normalized spacial score (nSPS) is 17.6. The van der Waals surface area contributed by atoms with Crippen LogP contribution in [0.15, 0.2) is 35.2 Å². The Morgan fingerprint density at radius 3 is 2.50 bits per heavy atom. The lowest BCUT2D eigenvalue weighted by molar-refractivity contribution is -0.123. The largest absolute Gasteiger partial charge is 0.286 e. The summed E-state index contributed by atoms with van der Waals surface area (Å²) >= 11 is 6.71. The van der Waals surface area contributed by atoms with Gasteiger partial charge in [-0.2, -0.15) is 0 Å². The summed E-state index contributed by atoms with van der Waals surface area (Å²) in [5.41, 5.74) is 1.02. The van der Waals surface area contributed by atoms with Crippen LogP contribution in [0.25, 0.3) is 6.08 Å². The van der Waals surface area contributed by atoms with Crippen LogP contribution in [0.3, 0.4) is 0 Å². The number of carbonyl (C=O) groups excluding carboxylic acids is 1. The summed E-state index contributed by atoms with van der Waals surface area (Å²) in [6, 6.07) is 9.85. The third-order valence-corrected chi connectivity index (χ3v) is 4.58. The number of hydrogen-bond acceptors (Lipinski definition) is 4. The smallest absolute Gasteiger partial charge is 0.267 e. The number of thioether (sulfide) groups is 1. The summed E-state index contributed by atoms with van der Waals surface area (Å²) in [4.78, 5) is 17.0. The van der Waals surface area contributed by atoms with Gasteiger partial charge in [0.2, 0.25) is 0 Å². The molecule has 0 atom stereocenters. The van der Waals surface area contributed by atoms with E-state index in [1.807, 2.05) is 36.4 Å². The molecule has 1 aromatic rings. The zero-order valence-electron chi connectivity index (χ0n) is 11.7. The summed E-state index contributed by atoms with van der Waals surface area (Å²) < 4.78 is 0.643. The molecule has 0 aliphatic carbocycles. The second-order valence-electron chi connectivity index (χ2n) is 4.47. The van der Waals surface area contributed by atoms with Crippen LogP contribution in [-0.2, 0) is 4.79 Å². The van der Waals surface area contributed by atoms with Crippen molar-refractivity contribution < 1.29 is 4.79 Å². The van der Waals surface area contributed by atoms with Crippen LogP contribution in [-0.4, -0.2) is 39.8 Å². The SMILES string of the molecule is CCN(CC)CN1C(=O)C(=Cc2ccccc2)SC1=S. The van der Waals surface area contributed by atoms with Crippen molar-refractivity contribution in [2.75, 3.05) is 19.8 Å². The monoisotopic (exact) mass is 306 g/mol. The topological polar surface area (TPSA) is 23.6 Å². The van der Waals surface area contributed by atoms with Gasteiger partial charge in [0, 0.05) is 0 Å². The van der Waals surface area contributed by atoms with Crippen molar-refractivity contribution in [1.82, 2.24) is 9.80 Å². The molecular formula is C15H18N2OS2. The maximum absolute atomic E-state index is 12.4. The third-order valence-electron chi connectivity index (χ3n) is 3.21. The summed E-state index contributed by atoms with van der Waals surface area (Å²) in [5, 5.41) is 0. The molecule has 0 bridgehead atoms. The van der Waals surface area contributed by atoms with E-state index in [0.717, 1.165) is 18.7 Å². The van der Waals surface area contributed by atoms with E-state index in [1.54, 1.807) is 4.90 Å². The van der Waals surface area contributed by atoms with Crippen LogP contribution in [0.4, 0.5) is 0 Å². The van der Waals surface area contributed by atoms with Crippen LogP contribution < -0.4 is 0 Å². The molecule has 3 nitrogen and oxygen atoms in total. The van der Waals surface area contributed by atoms with E-state index in [2.05, 4.69) is 18.7 Å². The molecule has 0 unspecified atom stereocenters. The van der Waals surface area contributed by atoms with E-state index in [9.17, 15) is 4.79 Å². The van der Waals surface area contributed by atoms with Crippen LogP contribution in [0.1, 0.15) is 19.4 Å². The number of benzene rings is 1. The first-order chi connectivity index (χ1) is 9.65. The van der Waals surface area contributed by atoms with E-state index in [4.69, 9.17) is 12.2 Å². The second kappa shape index (κ2) is 7.02. The van der Waals surface area contributed by atoms with Crippen molar-refractivity contribution in [2.24, 2.45) is 0 Å². The van der Waals surface area contributed by atoms with Crippen LogP contribution in [0.2, 0.25) is 0 Å². The number of thiocarbonyl (C=S) groups is 1. The van der Waals surface area contributed by atoms with Crippen LogP contribution in [0.5, 0.6) is 0 Å². The zero-order chi connectivity index (χ0) is 14.5. The predicted molar refractivity (Wildman–Crippen MR) is 89.2 cm³/mol. The summed E-state index contributed by atoms with van der Waals surface area (Å²) in [6.45, 7) is 6.56. The molecule has 1 aromatic carbocycles. The van der Waals surface area contributed by atoms with Crippen molar-refractivity contribution >= 4 is 40.3 Å². The quantitative estimate of drug-likeness (QED) is 0.616. The lowest BCUT2D eigenvalue weighted by Crippen LogP contribution is -2.40. The Bertz CT molecular complexity index is 524. The van der Waals surface area contributed by atoms with Crippen molar-refractivity contribution in [3.63, 3.8) is 0 Å². The lowest BCUT2D eigenvalue weighted by Gasteiger charge is -2.24. The van der Waals surface area contributed by atoms with Gasteiger partial charge in [0.1, 0.15) is 4.32 Å². The number of amides is 1. The Kier molecular flexibility index (Phi) is 5.34. The van der Waals surface area contributed by atoms with Gasteiger partial charge in [-0.25, -0.2) is 0 Å². The van der Waals surface area contributed by atoms with Gasteiger partial charge in [-0.05, 0) is 24.7 Å². The highest BCUT2D eigenvalue weighted by atomic mass is 32.2. The molecule has 1 amide bonds. The van der Waals surface area contributed by atoms with E-state index in [1.165, 1.54) is 11.8 Å². The second-order valence-corrected chi connectivity index (χ2v) is 6.14. The molecule has 0 N–H and O–H groups in total. The number of nitrogens with zero attached hydrogens (tertiary/aromatic N) is 2. The van der Waals surface area contributed by atoms with Gasteiger partial charge < -0.3 is 0 Å². The average molecular weight is 306 g/mol. The van der Waals surface area contributed by atoms with Crippen molar-refractivity contribution in [1.29, 1.82) is 0 Å². The highest BCUT2D eigenvalue weighted by molar-refractivity contribution is 8.26. The molecule has 1 aliphatic heterocycles. The van der Waals surface area contributed by atoms with Gasteiger partial charge >= 0.3 is 0 Å². The fraction of sp³-hybridized carbons (Fsp3) is 0.333. The molecule has 1 saturated heterocycles. The number of hydrogen-bond donors (Lipinski definition) is 0. The summed E-state index contributed by atoms with van der Waals surface area (Å²) in [5.74, 6) is 0.00996. The Hall–Kier alpha value is -1.17. The third kappa shape index (κ3) is 3.48. The average Bonchev–Trinajstić information content (AvgIpc) is 2.72. The number of rotatable bonds is 5. The van der Waals surface area contributed by atoms with E-state index < -0.39 is 0 Å². The molecule has 1 fully saturated rings. The molecule has 0 aromatic heterocycles. The highest BCUT2D eigenvalue weighted by Crippen LogP contribution is 2.32. The molecular weight excluding hydrogens is 288 g/mol. The zero-order valence-corrected chi connectivity index (χ0v) is 13.3. The Labute approximate surface area is 129 Å². The minimum absolute atomic E-state index is 0.00996. The maximum Gasteiger partial charge on any atom is 0.267 e. The van der Waals surface area contributed by atoms with E-state index >= 15 is 0 Å². The Morgan fingerprint density at radius 1 is 1.25 bits per heavy atom. The van der Waals surface area contributed by atoms with E-state index in [-0.39, 0.29) is 5.91 Å². The molecule has 0 spiro atoms. The fourth-order valence-electron chi connectivity index (χ4n) is 1.95. The minimum atomic E-state index is 0.00996. The molecule has 0 saturated carbocycles. The van der Waals surface area contributed by atoms with Crippen molar-refractivity contribution in [2.45, 2.75) is 13.8 Å². The Morgan fingerprint density at radius 2 is 1.90 bits per heavy atom. The minimum Gasteiger partial charge on any atom is -0.286 e. The number of carbonyl (C=O) groups is 1. The summed E-state index contributed by atoms with van der Waals surface area (Å²) in [7, 11) is 0. The lowest BCUT2D eigenvalue weighted by atomic mass is 10.2. The highest BCUT2D eigenvalue weighted by Gasteiger charge is 2.32. The molecule has 2 rings (SSSR count). The maximum atomic E-state index is 12.4. The van der Waals surface area contributed by atoms with Gasteiger partial charge in [-0.15, -0.1) is 0 Å². The van der Waals surface area contributed by atoms with E-state index in [0.29, 0.717) is 15.9 Å². The van der Waals surface area contributed by atoms with Gasteiger partial charge in [0.15, 0.2) is 0 Å². The summed E-state index contributed by atoms with van der Waals surface area (Å²) in [6.07, 6.45) is 1.90. The molecule has 1 heterocycles. The van der Waals surface area contributed by atoms with Gasteiger partial charge in [0.25, 0.3) is 5.91 Å². The first kappa shape index (κ1) is 15.2. The predicted octanol–water partition coefficient (Wildman–Crippen LogP) is 3.19. The van der Waals surface area contributed by atoms with Gasteiger partial charge in [0.05, 0.1) is 11.6 Å². The standard InChI is InChI=1S/C15H18N2OS2/c1-3-16(4-2)11-17-14(18)13(20-15(17)19)10-12-8-6-5-7-9-12/h5-10H,3-4,11H2,1-2H3. The molecule has 20 heavy (non-hydrogen) atoms. The first-order valence-electron chi connectivity index (χ1n) is 6.68. The Balaban J connectivity index is 2.14.